The molecule has 0 aromatic carbocycles. The molecule has 17 heavy (non-hydrogen) atoms. The Labute approximate surface area is 104 Å². The lowest BCUT2D eigenvalue weighted by atomic mass is 10.4. The largest absolute Gasteiger partial charge is 0.464 e. The molecule has 92 valence electrons. The van der Waals surface area contributed by atoms with E-state index in [0.717, 1.165) is 42.6 Å². The van der Waals surface area contributed by atoms with Crippen molar-refractivity contribution in [1.29, 1.82) is 0 Å². The van der Waals surface area contributed by atoms with Gasteiger partial charge >= 0.3 is 0 Å². The highest BCUT2D eigenvalue weighted by molar-refractivity contribution is 7.97. The molecule has 0 unspecified atom stereocenters. The summed E-state index contributed by atoms with van der Waals surface area (Å²) in [7, 11) is 0. The molecular formula is C11H15N3O2S. The molecule has 0 aliphatic heterocycles. The first-order valence-corrected chi connectivity index (χ1v) is 6.80. The molecule has 6 heteroatoms. The molecule has 2 rings (SSSR count). The van der Waals surface area contributed by atoms with Gasteiger partial charge in [-0.2, -0.15) is 16.7 Å². The molecule has 0 saturated carbocycles. The van der Waals surface area contributed by atoms with Crippen molar-refractivity contribution in [2.24, 2.45) is 0 Å². The number of thioether (sulfide) groups is 1. The summed E-state index contributed by atoms with van der Waals surface area (Å²) in [5.74, 6) is 3.62. The lowest BCUT2D eigenvalue weighted by Crippen LogP contribution is -2.16. The zero-order valence-electron chi connectivity index (χ0n) is 9.68. The fraction of sp³-hybridized carbons (Fsp3) is 0.455. The number of nitrogens with one attached hydrogen (secondary N) is 1. The van der Waals surface area contributed by atoms with E-state index in [1.807, 2.05) is 12.1 Å². The molecule has 2 heterocycles. The van der Waals surface area contributed by atoms with Crippen LogP contribution in [0.3, 0.4) is 0 Å². The molecule has 2 aromatic rings. The quantitative estimate of drug-likeness (QED) is 0.760. The highest BCUT2D eigenvalue weighted by Crippen LogP contribution is 2.13. The Morgan fingerprint density at radius 2 is 2.24 bits per heavy atom. The number of furan rings is 1. The van der Waals surface area contributed by atoms with Crippen LogP contribution in [0.25, 0.3) is 0 Å². The predicted molar refractivity (Wildman–Crippen MR) is 65.6 cm³/mol. The van der Waals surface area contributed by atoms with Gasteiger partial charge in [-0.15, -0.1) is 0 Å². The maximum Gasteiger partial charge on any atom is 0.213 e. The minimum atomic E-state index is 0.722. The average Bonchev–Trinajstić information content (AvgIpc) is 2.96. The van der Waals surface area contributed by atoms with Crippen LogP contribution in [-0.4, -0.2) is 22.9 Å². The van der Waals surface area contributed by atoms with Crippen LogP contribution < -0.4 is 5.32 Å². The predicted octanol–water partition coefficient (Wildman–Crippen LogP) is 1.86. The molecule has 0 aliphatic rings. The molecule has 0 amide bonds. The Kier molecular flexibility index (Phi) is 4.63. The van der Waals surface area contributed by atoms with Gasteiger partial charge in [-0.1, -0.05) is 5.16 Å². The second-order valence-corrected chi connectivity index (χ2v) is 4.44. The van der Waals surface area contributed by atoms with Crippen molar-refractivity contribution in [3.63, 3.8) is 0 Å². The van der Waals surface area contributed by atoms with E-state index in [0.29, 0.717) is 0 Å². The lowest BCUT2D eigenvalue weighted by Gasteiger charge is -1.99. The van der Waals surface area contributed by atoms with E-state index in [1.54, 1.807) is 11.8 Å². The second kappa shape index (κ2) is 6.46. The average molecular weight is 253 g/mol. The summed E-state index contributed by atoms with van der Waals surface area (Å²) in [5, 5.41) is 7.01. The van der Waals surface area contributed by atoms with E-state index in [2.05, 4.69) is 26.2 Å². The maximum absolute atomic E-state index is 5.63. The van der Waals surface area contributed by atoms with Crippen LogP contribution in [0.4, 0.5) is 0 Å². The highest BCUT2D eigenvalue weighted by Gasteiger charge is 2.02. The van der Waals surface area contributed by atoms with Gasteiger partial charge in [-0.05, 0) is 18.4 Å². The SMILES string of the molecule is CSCc1ccc(CNCCc2ncon2)o1. The molecule has 0 radical (unpaired) electrons. The molecule has 0 atom stereocenters. The van der Waals surface area contributed by atoms with Gasteiger partial charge in [0.1, 0.15) is 11.5 Å². The minimum Gasteiger partial charge on any atom is -0.464 e. The Morgan fingerprint density at radius 1 is 1.35 bits per heavy atom. The molecule has 2 aromatic heterocycles. The molecule has 5 nitrogen and oxygen atoms in total. The molecule has 0 aliphatic carbocycles. The topological polar surface area (TPSA) is 64.1 Å². The van der Waals surface area contributed by atoms with Crippen molar-refractivity contribution in [2.45, 2.75) is 18.7 Å². The Balaban J connectivity index is 1.67. The van der Waals surface area contributed by atoms with Crippen molar-refractivity contribution >= 4 is 11.8 Å². The lowest BCUT2D eigenvalue weighted by molar-refractivity contribution is 0.408. The summed E-state index contributed by atoms with van der Waals surface area (Å²) < 4.78 is 10.3. The number of hydrogen-bond donors (Lipinski definition) is 1. The van der Waals surface area contributed by atoms with E-state index >= 15 is 0 Å². The van der Waals surface area contributed by atoms with Crippen molar-refractivity contribution < 1.29 is 8.94 Å². The minimum absolute atomic E-state index is 0.722. The van der Waals surface area contributed by atoms with E-state index < -0.39 is 0 Å². The fourth-order valence-electron chi connectivity index (χ4n) is 1.45. The van der Waals surface area contributed by atoms with Gasteiger partial charge in [0.25, 0.3) is 0 Å². The maximum atomic E-state index is 5.63. The van der Waals surface area contributed by atoms with Crippen molar-refractivity contribution in [2.75, 3.05) is 12.8 Å². The third-order valence-electron chi connectivity index (χ3n) is 2.24. The Morgan fingerprint density at radius 3 is 3.00 bits per heavy atom. The van der Waals surface area contributed by atoms with E-state index in [4.69, 9.17) is 4.42 Å². The van der Waals surface area contributed by atoms with Crippen LogP contribution in [-0.2, 0) is 18.7 Å². The number of hydrogen-bond acceptors (Lipinski definition) is 6. The Bertz CT molecular complexity index is 428. The Hall–Kier alpha value is -1.27. The number of aromatic nitrogens is 2. The highest BCUT2D eigenvalue weighted by atomic mass is 32.2. The third-order valence-corrected chi connectivity index (χ3v) is 2.81. The first kappa shape index (κ1) is 12.2. The van der Waals surface area contributed by atoms with Gasteiger partial charge in [0.2, 0.25) is 6.39 Å². The molecule has 0 bridgehead atoms. The number of nitrogens with zero attached hydrogens (tertiary/aromatic N) is 2. The fourth-order valence-corrected chi connectivity index (χ4v) is 1.89. The summed E-state index contributed by atoms with van der Waals surface area (Å²) >= 11 is 1.75. The first-order chi connectivity index (χ1) is 8.38. The third kappa shape index (κ3) is 3.90. The van der Waals surface area contributed by atoms with Gasteiger partial charge in [0.05, 0.1) is 12.3 Å². The van der Waals surface area contributed by atoms with Gasteiger partial charge in [0, 0.05) is 13.0 Å². The van der Waals surface area contributed by atoms with Crippen LogP contribution in [0.2, 0.25) is 0 Å². The summed E-state index contributed by atoms with van der Waals surface area (Å²) in [6.45, 7) is 1.53. The smallest absolute Gasteiger partial charge is 0.213 e. The number of rotatable bonds is 7. The van der Waals surface area contributed by atoms with Crippen LogP contribution in [0, 0.1) is 0 Å². The molecule has 0 spiro atoms. The standard InChI is InChI=1S/C11H15N3O2S/c1-17-7-10-3-2-9(16-10)6-12-5-4-11-13-8-15-14-11/h2-3,8,12H,4-7H2,1H3. The zero-order chi connectivity index (χ0) is 11.9. The molecule has 1 N–H and O–H groups in total. The van der Waals surface area contributed by atoms with Crippen molar-refractivity contribution in [1.82, 2.24) is 15.5 Å². The monoisotopic (exact) mass is 253 g/mol. The van der Waals surface area contributed by atoms with Gasteiger partial charge in [-0.3, -0.25) is 0 Å². The van der Waals surface area contributed by atoms with Crippen LogP contribution >= 0.6 is 11.8 Å². The summed E-state index contributed by atoms with van der Waals surface area (Å²) in [4.78, 5) is 3.95. The van der Waals surface area contributed by atoms with Crippen LogP contribution in [0.5, 0.6) is 0 Å². The molecule has 0 fully saturated rings. The van der Waals surface area contributed by atoms with E-state index in [1.165, 1.54) is 6.39 Å². The summed E-state index contributed by atoms with van der Waals surface area (Å²) in [6.07, 6.45) is 4.16. The molecule has 0 saturated heterocycles. The van der Waals surface area contributed by atoms with Crippen LogP contribution in [0.15, 0.2) is 27.5 Å². The zero-order valence-corrected chi connectivity index (χ0v) is 10.5. The summed E-state index contributed by atoms with van der Waals surface area (Å²) in [6, 6.07) is 4.03. The van der Waals surface area contributed by atoms with Crippen molar-refractivity contribution in [3.8, 4) is 0 Å². The molecular weight excluding hydrogens is 238 g/mol. The van der Waals surface area contributed by atoms with E-state index in [9.17, 15) is 0 Å². The van der Waals surface area contributed by atoms with Gasteiger partial charge in [0.15, 0.2) is 5.82 Å². The van der Waals surface area contributed by atoms with E-state index in [-0.39, 0.29) is 0 Å². The first-order valence-electron chi connectivity index (χ1n) is 5.41. The normalized spacial score (nSPS) is 10.9. The van der Waals surface area contributed by atoms with Crippen LogP contribution in [0.1, 0.15) is 17.3 Å². The van der Waals surface area contributed by atoms with Gasteiger partial charge < -0.3 is 14.3 Å². The summed E-state index contributed by atoms with van der Waals surface area (Å²) in [5.41, 5.74) is 0. The van der Waals surface area contributed by atoms with Gasteiger partial charge in [-0.25, -0.2) is 0 Å². The second-order valence-electron chi connectivity index (χ2n) is 3.58. The van der Waals surface area contributed by atoms with Crippen molar-refractivity contribution in [3.05, 3.63) is 35.9 Å².